The maximum Gasteiger partial charge on any atom is 0.193 e. The number of ether oxygens (including phenoxy) is 1. The van der Waals surface area contributed by atoms with E-state index >= 15 is 0 Å². The normalized spacial score (nSPS) is 11.5. The summed E-state index contributed by atoms with van der Waals surface area (Å²) < 4.78 is 7.80. The van der Waals surface area contributed by atoms with Crippen LogP contribution in [-0.4, -0.2) is 15.7 Å². The molecule has 0 saturated carbocycles. The van der Waals surface area contributed by atoms with Crippen molar-refractivity contribution in [2.45, 2.75) is 33.2 Å². The molecule has 6 heteroatoms. The predicted molar refractivity (Wildman–Crippen MR) is 114 cm³/mol. The summed E-state index contributed by atoms with van der Waals surface area (Å²) >= 11 is 0. The van der Waals surface area contributed by atoms with Crippen molar-refractivity contribution < 1.29 is 4.74 Å². The lowest BCUT2D eigenvalue weighted by Gasteiger charge is -2.09. The van der Waals surface area contributed by atoms with Gasteiger partial charge in [-0.3, -0.25) is 4.68 Å². The highest BCUT2D eigenvalue weighted by atomic mass is 16.5. The Hall–Kier alpha value is -3.28. The van der Waals surface area contributed by atoms with Crippen LogP contribution in [0.3, 0.4) is 0 Å². The van der Waals surface area contributed by atoms with Crippen LogP contribution in [0.2, 0.25) is 0 Å². The summed E-state index contributed by atoms with van der Waals surface area (Å²) in [6.07, 6.45) is 1.80. The molecule has 0 atom stereocenters. The summed E-state index contributed by atoms with van der Waals surface area (Å²) in [7, 11) is 1.98. The van der Waals surface area contributed by atoms with E-state index in [2.05, 4.69) is 29.3 Å². The van der Waals surface area contributed by atoms with Crippen molar-refractivity contribution in [3.05, 3.63) is 71.5 Å². The number of benzene rings is 2. The number of anilines is 1. The zero-order valence-corrected chi connectivity index (χ0v) is 16.6. The summed E-state index contributed by atoms with van der Waals surface area (Å²) in [6, 6.07) is 17.3. The van der Waals surface area contributed by atoms with Crippen molar-refractivity contribution in [3.8, 4) is 11.5 Å². The Morgan fingerprint density at radius 3 is 2.54 bits per heavy atom. The van der Waals surface area contributed by atoms with Gasteiger partial charge in [0.1, 0.15) is 11.5 Å². The molecule has 0 bridgehead atoms. The molecule has 0 saturated heterocycles. The molecule has 0 amide bonds. The number of nitrogens with two attached hydrogens (primary N) is 1. The van der Waals surface area contributed by atoms with E-state index in [1.165, 1.54) is 11.3 Å². The third-order valence-electron chi connectivity index (χ3n) is 4.52. The van der Waals surface area contributed by atoms with Gasteiger partial charge in [0, 0.05) is 30.1 Å². The van der Waals surface area contributed by atoms with Crippen LogP contribution >= 0.6 is 0 Å². The van der Waals surface area contributed by atoms with Crippen molar-refractivity contribution in [1.82, 2.24) is 9.78 Å². The van der Waals surface area contributed by atoms with E-state index in [0.717, 1.165) is 35.7 Å². The molecule has 2 aromatic carbocycles. The molecule has 0 aliphatic rings. The SMILES string of the molecule is CCc1nn(C)c(CC)c1CN=C(N)Nc1cccc(Oc2ccccc2)c1. The maximum absolute atomic E-state index is 6.12. The highest BCUT2D eigenvalue weighted by Crippen LogP contribution is 2.24. The van der Waals surface area contributed by atoms with Crippen LogP contribution in [-0.2, 0) is 26.4 Å². The topological polar surface area (TPSA) is 77.5 Å². The summed E-state index contributed by atoms with van der Waals surface area (Å²) in [6.45, 7) is 4.75. The highest BCUT2D eigenvalue weighted by Gasteiger charge is 2.13. The van der Waals surface area contributed by atoms with Gasteiger partial charge in [0.25, 0.3) is 0 Å². The van der Waals surface area contributed by atoms with Crippen molar-refractivity contribution in [1.29, 1.82) is 0 Å². The lowest BCUT2D eigenvalue weighted by Crippen LogP contribution is -2.22. The monoisotopic (exact) mass is 377 g/mol. The lowest BCUT2D eigenvalue weighted by molar-refractivity contribution is 0.483. The summed E-state index contributed by atoms with van der Waals surface area (Å²) in [5.74, 6) is 1.89. The Morgan fingerprint density at radius 2 is 1.82 bits per heavy atom. The first kappa shape index (κ1) is 19.5. The molecule has 0 aliphatic heterocycles. The second kappa shape index (κ2) is 9.08. The first-order valence-corrected chi connectivity index (χ1v) is 9.54. The van der Waals surface area contributed by atoms with Gasteiger partial charge in [0.15, 0.2) is 5.96 Å². The Kier molecular flexibility index (Phi) is 6.32. The van der Waals surface area contributed by atoms with Gasteiger partial charge in [0.05, 0.1) is 12.2 Å². The van der Waals surface area contributed by atoms with Gasteiger partial charge in [-0.2, -0.15) is 5.10 Å². The third-order valence-corrected chi connectivity index (χ3v) is 4.52. The number of guanidine groups is 1. The number of hydrogen-bond acceptors (Lipinski definition) is 3. The van der Waals surface area contributed by atoms with Gasteiger partial charge in [-0.15, -0.1) is 0 Å². The molecule has 146 valence electrons. The Labute approximate surface area is 166 Å². The minimum atomic E-state index is 0.366. The van der Waals surface area contributed by atoms with E-state index in [0.29, 0.717) is 12.5 Å². The number of para-hydroxylation sites is 1. The molecule has 6 nitrogen and oxygen atoms in total. The Bertz CT molecular complexity index is 947. The van der Waals surface area contributed by atoms with Crippen molar-refractivity contribution in [2.75, 3.05) is 5.32 Å². The summed E-state index contributed by atoms with van der Waals surface area (Å²) in [5.41, 5.74) is 10.4. The van der Waals surface area contributed by atoms with Crippen LogP contribution in [0.4, 0.5) is 5.69 Å². The molecule has 1 heterocycles. The van der Waals surface area contributed by atoms with E-state index in [-0.39, 0.29) is 0 Å². The fourth-order valence-electron chi connectivity index (χ4n) is 3.19. The van der Waals surface area contributed by atoms with Crippen LogP contribution in [0, 0.1) is 0 Å². The molecule has 0 unspecified atom stereocenters. The zero-order valence-electron chi connectivity index (χ0n) is 16.6. The second-order valence-corrected chi connectivity index (χ2v) is 6.47. The number of nitrogens with zero attached hydrogens (tertiary/aromatic N) is 3. The summed E-state index contributed by atoms with van der Waals surface area (Å²) in [4.78, 5) is 4.52. The number of aryl methyl sites for hydroxylation is 2. The van der Waals surface area contributed by atoms with Crippen molar-refractivity contribution >= 4 is 11.6 Å². The van der Waals surface area contributed by atoms with Gasteiger partial charge in [-0.1, -0.05) is 38.1 Å². The van der Waals surface area contributed by atoms with Crippen LogP contribution < -0.4 is 15.8 Å². The van der Waals surface area contributed by atoms with Gasteiger partial charge < -0.3 is 15.8 Å². The molecule has 1 aromatic heterocycles. The summed E-state index contributed by atoms with van der Waals surface area (Å²) in [5, 5.41) is 7.72. The van der Waals surface area contributed by atoms with E-state index < -0.39 is 0 Å². The minimum absolute atomic E-state index is 0.366. The van der Waals surface area contributed by atoms with Crippen LogP contribution in [0.25, 0.3) is 0 Å². The molecule has 0 radical (unpaired) electrons. The van der Waals surface area contributed by atoms with Crippen LogP contribution in [0.5, 0.6) is 11.5 Å². The smallest absolute Gasteiger partial charge is 0.193 e. The molecular weight excluding hydrogens is 350 g/mol. The molecule has 0 spiro atoms. The van der Waals surface area contributed by atoms with Crippen molar-refractivity contribution in [3.63, 3.8) is 0 Å². The number of rotatable bonds is 7. The highest BCUT2D eigenvalue weighted by molar-refractivity contribution is 5.92. The Balaban J connectivity index is 1.69. The second-order valence-electron chi connectivity index (χ2n) is 6.47. The minimum Gasteiger partial charge on any atom is -0.457 e. The largest absolute Gasteiger partial charge is 0.457 e. The zero-order chi connectivity index (χ0) is 19.9. The van der Waals surface area contributed by atoms with Gasteiger partial charge in [0.2, 0.25) is 0 Å². The van der Waals surface area contributed by atoms with Crippen LogP contribution in [0.15, 0.2) is 59.6 Å². The van der Waals surface area contributed by atoms with Crippen molar-refractivity contribution in [2.24, 2.45) is 17.8 Å². The van der Waals surface area contributed by atoms with E-state index in [1.807, 2.05) is 66.3 Å². The Morgan fingerprint density at radius 1 is 1.07 bits per heavy atom. The fraction of sp³-hybridized carbons (Fsp3) is 0.273. The molecule has 28 heavy (non-hydrogen) atoms. The third kappa shape index (κ3) is 4.71. The quantitative estimate of drug-likeness (QED) is 0.476. The van der Waals surface area contributed by atoms with E-state index in [9.17, 15) is 0 Å². The molecule has 0 fully saturated rings. The molecule has 0 aliphatic carbocycles. The van der Waals surface area contributed by atoms with Gasteiger partial charge >= 0.3 is 0 Å². The number of hydrogen-bond donors (Lipinski definition) is 2. The molecule has 3 N–H and O–H groups in total. The first-order valence-electron chi connectivity index (χ1n) is 9.54. The average molecular weight is 377 g/mol. The standard InChI is InChI=1S/C22H27N5O/c1-4-20-19(21(5-2)27(3)26-20)15-24-22(23)25-16-10-9-13-18(14-16)28-17-11-7-6-8-12-17/h6-14H,4-5,15H2,1-3H3,(H3,23,24,25). The average Bonchev–Trinajstić information content (AvgIpc) is 3.02. The number of nitrogens with one attached hydrogen (secondary N) is 1. The number of aliphatic imine (C=N–C) groups is 1. The lowest BCUT2D eigenvalue weighted by atomic mass is 10.1. The molecule has 3 aromatic rings. The van der Waals surface area contributed by atoms with Gasteiger partial charge in [-0.05, 0) is 37.1 Å². The van der Waals surface area contributed by atoms with Crippen LogP contribution in [0.1, 0.15) is 30.8 Å². The molecule has 3 rings (SSSR count). The number of aromatic nitrogens is 2. The maximum atomic E-state index is 6.12. The van der Waals surface area contributed by atoms with E-state index in [4.69, 9.17) is 10.5 Å². The predicted octanol–water partition coefficient (Wildman–Crippen LogP) is 4.26. The fourth-order valence-corrected chi connectivity index (χ4v) is 3.19. The van der Waals surface area contributed by atoms with E-state index in [1.54, 1.807) is 0 Å². The molecular formula is C22H27N5O. The first-order chi connectivity index (χ1) is 13.6. The van der Waals surface area contributed by atoms with Gasteiger partial charge in [-0.25, -0.2) is 4.99 Å².